The number of aromatic nitrogens is 2. The van der Waals surface area contributed by atoms with E-state index in [0.29, 0.717) is 22.7 Å². The predicted molar refractivity (Wildman–Crippen MR) is 121 cm³/mol. The first-order valence-electron chi connectivity index (χ1n) is 9.77. The number of hydrogen-bond acceptors (Lipinski definition) is 6. The molecule has 0 radical (unpaired) electrons. The van der Waals surface area contributed by atoms with Crippen LogP contribution in [0.15, 0.2) is 101 Å². The molecule has 0 aliphatic carbocycles. The Morgan fingerprint density at radius 3 is 2.22 bits per heavy atom. The molecule has 32 heavy (non-hydrogen) atoms. The normalized spacial score (nSPS) is 12.3. The molecule has 1 N–H and O–H groups in total. The van der Waals surface area contributed by atoms with E-state index in [1.165, 1.54) is 12.1 Å². The molecule has 1 atom stereocenters. The Kier molecular flexibility index (Phi) is 6.16. The van der Waals surface area contributed by atoms with Crippen LogP contribution in [0.2, 0.25) is 0 Å². The topological polar surface area (TPSA) is 94.3 Å². The van der Waals surface area contributed by atoms with Crippen LogP contribution >= 0.6 is 0 Å². The molecule has 162 valence electrons. The van der Waals surface area contributed by atoms with Gasteiger partial charge in [-0.2, -0.15) is 9.71 Å². The maximum atomic E-state index is 13.0. The van der Waals surface area contributed by atoms with Gasteiger partial charge in [0.25, 0.3) is 5.89 Å². The number of methoxy groups -OCH3 is 1. The molecule has 0 saturated carbocycles. The van der Waals surface area contributed by atoms with Crippen molar-refractivity contribution in [2.75, 3.05) is 7.11 Å². The van der Waals surface area contributed by atoms with Gasteiger partial charge in [0.2, 0.25) is 15.8 Å². The second-order valence-electron chi connectivity index (χ2n) is 6.95. The SMILES string of the molecule is C=C(c1nc(-c2ccc(OC)cc2)no1)[C@@H](NS(=O)(=O)c1ccccc1)c1ccccc1. The van der Waals surface area contributed by atoms with Gasteiger partial charge in [0.05, 0.1) is 18.0 Å². The first-order valence-corrected chi connectivity index (χ1v) is 11.3. The highest BCUT2D eigenvalue weighted by molar-refractivity contribution is 7.89. The van der Waals surface area contributed by atoms with Crippen LogP contribution in [0.1, 0.15) is 17.5 Å². The van der Waals surface area contributed by atoms with E-state index in [-0.39, 0.29) is 10.8 Å². The van der Waals surface area contributed by atoms with E-state index in [1.54, 1.807) is 37.4 Å². The minimum absolute atomic E-state index is 0.139. The van der Waals surface area contributed by atoms with Crippen LogP contribution in [0, 0.1) is 0 Å². The van der Waals surface area contributed by atoms with Gasteiger partial charge in [0.15, 0.2) is 0 Å². The van der Waals surface area contributed by atoms with Gasteiger partial charge in [-0.3, -0.25) is 0 Å². The lowest BCUT2D eigenvalue weighted by Crippen LogP contribution is -2.29. The Balaban J connectivity index is 1.66. The van der Waals surface area contributed by atoms with Crippen molar-refractivity contribution >= 4 is 15.6 Å². The Labute approximate surface area is 186 Å². The fraction of sp³-hybridized carbons (Fsp3) is 0.0833. The average Bonchev–Trinajstić information content (AvgIpc) is 3.34. The van der Waals surface area contributed by atoms with Crippen molar-refractivity contribution in [1.29, 1.82) is 0 Å². The molecular weight excluding hydrogens is 426 g/mol. The first kappa shape index (κ1) is 21.5. The quantitative estimate of drug-likeness (QED) is 0.428. The van der Waals surface area contributed by atoms with Crippen molar-refractivity contribution in [2.24, 2.45) is 0 Å². The summed E-state index contributed by atoms with van der Waals surface area (Å²) in [7, 11) is -2.24. The summed E-state index contributed by atoms with van der Waals surface area (Å²) in [6.07, 6.45) is 0. The number of benzene rings is 3. The fourth-order valence-electron chi connectivity index (χ4n) is 3.14. The summed E-state index contributed by atoms with van der Waals surface area (Å²) in [5.41, 5.74) is 1.76. The van der Waals surface area contributed by atoms with Crippen molar-refractivity contribution in [3.05, 3.63) is 103 Å². The molecule has 0 saturated heterocycles. The van der Waals surface area contributed by atoms with Crippen LogP contribution in [-0.4, -0.2) is 25.7 Å². The molecule has 0 bridgehead atoms. The van der Waals surface area contributed by atoms with Gasteiger partial charge in [-0.25, -0.2) is 8.42 Å². The average molecular weight is 448 g/mol. The summed E-state index contributed by atoms with van der Waals surface area (Å²) < 4.78 is 39.3. The molecule has 0 amide bonds. The van der Waals surface area contributed by atoms with Gasteiger partial charge in [0.1, 0.15) is 5.75 Å². The van der Waals surface area contributed by atoms with Crippen LogP contribution in [0.4, 0.5) is 0 Å². The summed E-state index contributed by atoms with van der Waals surface area (Å²) >= 11 is 0. The van der Waals surface area contributed by atoms with E-state index in [2.05, 4.69) is 21.4 Å². The molecule has 7 nitrogen and oxygen atoms in total. The number of rotatable bonds is 8. The summed E-state index contributed by atoms with van der Waals surface area (Å²) in [6, 6.07) is 23.7. The Morgan fingerprint density at radius 2 is 1.59 bits per heavy atom. The zero-order chi connectivity index (χ0) is 22.6. The maximum absolute atomic E-state index is 13.0. The van der Waals surface area contributed by atoms with E-state index in [4.69, 9.17) is 9.26 Å². The maximum Gasteiger partial charge on any atom is 0.255 e. The molecule has 3 aromatic carbocycles. The van der Waals surface area contributed by atoms with E-state index in [0.717, 1.165) is 5.56 Å². The molecule has 1 aromatic heterocycles. The first-order chi connectivity index (χ1) is 15.5. The molecule has 4 rings (SSSR count). The molecular formula is C24H21N3O4S. The number of hydrogen-bond donors (Lipinski definition) is 1. The molecule has 0 fully saturated rings. The molecule has 1 heterocycles. The van der Waals surface area contributed by atoms with Gasteiger partial charge in [-0.05, 0) is 42.0 Å². The lowest BCUT2D eigenvalue weighted by atomic mass is 10.0. The summed E-state index contributed by atoms with van der Waals surface area (Å²) in [4.78, 5) is 4.58. The molecule has 0 unspecified atom stereocenters. The molecule has 8 heteroatoms. The van der Waals surface area contributed by atoms with Crippen LogP contribution in [0.5, 0.6) is 5.75 Å². The van der Waals surface area contributed by atoms with E-state index in [9.17, 15) is 8.42 Å². The zero-order valence-electron chi connectivity index (χ0n) is 17.3. The standard InChI is InChI=1S/C24H21N3O4S/c1-17(24-25-23(26-31-24)19-13-15-20(30-2)16-14-19)22(18-9-5-3-6-10-18)27-32(28,29)21-11-7-4-8-12-21/h3-16,22,27H,1H2,2H3/t22-/m1/s1. The smallest absolute Gasteiger partial charge is 0.255 e. The number of ether oxygens (including phenoxy) is 1. The second-order valence-corrected chi connectivity index (χ2v) is 8.67. The Hall–Kier alpha value is -3.75. The summed E-state index contributed by atoms with van der Waals surface area (Å²) in [5.74, 6) is 1.21. The van der Waals surface area contributed by atoms with Crippen LogP contribution in [0.25, 0.3) is 17.0 Å². The van der Waals surface area contributed by atoms with Crippen LogP contribution in [-0.2, 0) is 10.0 Å². The van der Waals surface area contributed by atoms with Crippen molar-refractivity contribution in [1.82, 2.24) is 14.9 Å². The van der Waals surface area contributed by atoms with Gasteiger partial charge in [0, 0.05) is 11.1 Å². The van der Waals surface area contributed by atoms with Gasteiger partial charge >= 0.3 is 0 Å². The second kappa shape index (κ2) is 9.17. The van der Waals surface area contributed by atoms with Crippen molar-refractivity contribution in [3.63, 3.8) is 0 Å². The number of nitrogens with zero attached hydrogens (tertiary/aromatic N) is 2. The third-order valence-corrected chi connectivity index (χ3v) is 6.30. The Morgan fingerprint density at radius 1 is 0.969 bits per heavy atom. The lowest BCUT2D eigenvalue weighted by Gasteiger charge is -2.19. The zero-order valence-corrected chi connectivity index (χ0v) is 18.1. The molecule has 0 aliphatic heterocycles. The third-order valence-electron chi connectivity index (χ3n) is 4.86. The van der Waals surface area contributed by atoms with E-state index < -0.39 is 16.1 Å². The fourth-order valence-corrected chi connectivity index (χ4v) is 4.38. The minimum atomic E-state index is -3.83. The van der Waals surface area contributed by atoms with Crippen LogP contribution < -0.4 is 9.46 Å². The lowest BCUT2D eigenvalue weighted by molar-refractivity contribution is 0.405. The number of nitrogens with one attached hydrogen (secondary N) is 1. The van der Waals surface area contributed by atoms with Gasteiger partial charge in [-0.1, -0.05) is 60.3 Å². The minimum Gasteiger partial charge on any atom is -0.497 e. The molecule has 0 aliphatic rings. The highest BCUT2D eigenvalue weighted by Crippen LogP contribution is 2.31. The van der Waals surface area contributed by atoms with Gasteiger partial charge < -0.3 is 9.26 Å². The largest absolute Gasteiger partial charge is 0.497 e. The highest BCUT2D eigenvalue weighted by atomic mass is 32.2. The third kappa shape index (κ3) is 4.61. The summed E-state index contributed by atoms with van der Waals surface area (Å²) in [6.45, 7) is 4.07. The van der Waals surface area contributed by atoms with Crippen LogP contribution in [0.3, 0.4) is 0 Å². The van der Waals surface area contributed by atoms with Crippen molar-refractivity contribution in [2.45, 2.75) is 10.9 Å². The van der Waals surface area contributed by atoms with E-state index >= 15 is 0 Å². The van der Waals surface area contributed by atoms with Crippen molar-refractivity contribution in [3.8, 4) is 17.1 Å². The highest BCUT2D eigenvalue weighted by Gasteiger charge is 2.27. The summed E-state index contributed by atoms with van der Waals surface area (Å²) in [5, 5.41) is 4.03. The number of sulfonamides is 1. The van der Waals surface area contributed by atoms with Crippen molar-refractivity contribution < 1.29 is 17.7 Å². The molecule has 0 spiro atoms. The Bertz CT molecular complexity index is 1300. The predicted octanol–water partition coefficient (Wildman–Crippen LogP) is 4.48. The van der Waals surface area contributed by atoms with E-state index in [1.807, 2.05) is 42.5 Å². The molecule has 4 aromatic rings. The monoisotopic (exact) mass is 447 g/mol. The van der Waals surface area contributed by atoms with Gasteiger partial charge in [-0.15, -0.1) is 0 Å².